The molecule has 78 valence electrons. The molecule has 0 aromatic heterocycles. The third-order valence-corrected chi connectivity index (χ3v) is 3.06. The molecular weight excluding hydrogens is 242 g/mol. The quantitative estimate of drug-likeness (QED) is 0.475. The number of ketones is 1. The molecule has 0 radical (unpaired) electrons. The highest BCUT2D eigenvalue weighted by molar-refractivity contribution is 6.68. The summed E-state index contributed by atoms with van der Waals surface area (Å²) in [7, 11) is 0. The van der Waals surface area contributed by atoms with Crippen molar-refractivity contribution in [2.45, 2.75) is 17.6 Å². The Labute approximate surface area is 98.7 Å². The van der Waals surface area contributed by atoms with Crippen LogP contribution in [0.25, 0.3) is 0 Å². The van der Waals surface area contributed by atoms with Crippen molar-refractivity contribution < 1.29 is 4.79 Å². The summed E-state index contributed by atoms with van der Waals surface area (Å²) >= 11 is 17.5. The Balaban J connectivity index is 3.20. The number of rotatable bonds is 0. The Kier molecular flexibility index (Phi) is 3.07. The number of allylic oxidation sites excluding steroid dienone is 3. The van der Waals surface area contributed by atoms with Crippen molar-refractivity contribution in [2.75, 3.05) is 0 Å². The fourth-order valence-electron chi connectivity index (χ4n) is 1.70. The van der Waals surface area contributed by atoms with E-state index in [1.54, 1.807) is 6.08 Å². The highest BCUT2D eigenvalue weighted by atomic mass is 35.6. The van der Waals surface area contributed by atoms with Gasteiger partial charge in [-0.15, -0.1) is 0 Å². The maximum Gasteiger partial charge on any atom is 0.198 e. The molecule has 0 aromatic rings. The van der Waals surface area contributed by atoms with Crippen LogP contribution in [0.4, 0.5) is 0 Å². The first kappa shape index (κ1) is 12.1. The van der Waals surface area contributed by atoms with Crippen LogP contribution in [0.3, 0.4) is 0 Å². The van der Waals surface area contributed by atoms with Crippen LogP contribution in [0, 0.1) is 11.3 Å². The molecule has 1 unspecified atom stereocenters. The molecule has 0 spiro atoms. The van der Waals surface area contributed by atoms with Crippen LogP contribution in [0.15, 0.2) is 24.3 Å². The van der Waals surface area contributed by atoms with Crippen molar-refractivity contribution in [3.8, 4) is 0 Å². The van der Waals surface area contributed by atoms with Crippen molar-refractivity contribution in [2.24, 2.45) is 11.3 Å². The van der Waals surface area contributed by atoms with Gasteiger partial charge in [-0.05, 0) is 11.5 Å². The average Bonchev–Trinajstić information content (AvgIpc) is 1.94. The van der Waals surface area contributed by atoms with Crippen LogP contribution in [-0.4, -0.2) is 9.58 Å². The van der Waals surface area contributed by atoms with E-state index < -0.39 is 9.71 Å². The van der Waals surface area contributed by atoms with Gasteiger partial charge in [0.2, 0.25) is 0 Å². The predicted molar refractivity (Wildman–Crippen MR) is 60.8 cm³/mol. The molecule has 1 aliphatic carbocycles. The van der Waals surface area contributed by atoms with E-state index in [-0.39, 0.29) is 11.2 Å². The largest absolute Gasteiger partial charge is 0.290 e. The van der Waals surface area contributed by atoms with E-state index in [1.807, 2.05) is 13.8 Å². The highest BCUT2D eigenvalue weighted by Crippen LogP contribution is 2.50. The van der Waals surface area contributed by atoms with Crippen molar-refractivity contribution in [3.05, 3.63) is 24.3 Å². The zero-order valence-corrected chi connectivity index (χ0v) is 10.2. The molecule has 1 rings (SSSR count). The Bertz CT molecular complexity index is 310. The maximum absolute atomic E-state index is 11.4. The average molecular weight is 254 g/mol. The van der Waals surface area contributed by atoms with E-state index in [0.717, 1.165) is 0 Å². The Morgan fingerprint density at radius 2 is 1.93 bits per heavy atom. The summed E-state index contributed by atoms with van der Waals surface area (Å²) in [5.74, 6) is -0.641. The van der Waals surface area contributed by atoms with Gasteiger partial charge in [0.1, 0.15) is 0 Å². The van der Waals surface area contributed by atoms with Gasteiger partial charge < -0.3 is 0 Å². The third-order valence-electron chi connectivity index (χ3n) is 2.40. The molecule has 1 atom stereocenters. The minimum atomic E-state index is -1.50. The molecule has 0 heterocycles. The standard InChI is InChI=1S/C10H11Cl3O/c1-6-7(14)4-5-9(2,3)8(6)10(11,12)13/h4-5,8H,1H2,2-3H3. The molecule has 1 nitrogen and oxygen atoms in total. The van der Waals surface area contributed by atoms with Gasteiger partial charge in [0.05, 0.1) is 0 Å². The molecule has 0 N–H and O–H groups in total. The lowest BCUT2D eigenvalue weighted by Gasteiger charge is -2.39. The summed E-state index contributed by atoms with van der Waals surface area (Å²) < 4.78 is -1.50. The first-order valence-electron chi connectivity index (χ1n) is 4.15. The molecule has 0 bridgehead atoms. The smallest absolute Gasteiger partial charge is 0.198 e. The summed E-state index contributed by atoms with van der Waals surface area (Å²) in [6.07, 6.45) is 3.24. The molecule has 0 aliphatic heterocycles. The summed E-state index contributed by atoms with van der Waals surface area (Å²) in [6.45, 7) is 7.51. The Hall–Kier alpha value is 0.0200. The van der Waals surface area contributed by atoms with Crippen LogP contribution < -0.4 is 0 Å². The molecule has 4 heteroatoms. The zero-order chi connectivity index (χ0) is 11.1. The Morgan fingerprint density at radius 1 is 1.43 bits per heavy atom. The van der Waals surface area contributed by atoms with E-state index in [9.17, 15) is 4.79 Å². The van der Waals surface area contributed by atoms with E-state index in [4.69, 9.17) is 34.8 Å². The van der Waals surface area contributed by atoms with Gasteiger partial charge in [0, 0.05) is 11.5 Å². The topological polar surface area (TPSA) is 17.1 Å². The second-order valence-electron chi connectivity index (χ2n) is 4.02. The van der Waals surface area contributed by atoms with Crippen molar-refractivity contribution in [3.63, 3.8) is 0 Å². The molecular formula is C10H11Cl3O. The summed E-state index contributed by atoms with van der Waals surface area (Å²) in [6, 6.07) is 0. The highest BCUT2D eigenvalue weighted by Gasteiger charge is 2.47. The lowest BCUT2D eigenvalue weighted by atomic mass is 9.71. The molecule has 14 heavy (non-hydrogen) atoms. The lowest BCUT2D eigenvalue weighted by Crippen LogP contribution is -2.38. The minimum Gasteiger partial charge on any atom is -0.290 e. The predicted octanol–water partition coefficient (Wildman–Crippen LogP) is 3.69. The van der Waals surface area contributed by atoms with E-state index in [0.29, 0.717) is 5.57 Å². The van der Waals surface area contributed by atoms with Crippen LogP contribution in [0.2, 0.25) is 0 Å². The summed E-state index contributed by atoms with van der Waals surface area (Å²) in [5, 5.41) is 0. The SMILES string of the molecule is C=C1C(=O)C=CC(C)(C)C1C(Cl)(Cl)Cl. The Morgan fingerprint density at radius 3 is 2.29 bits per heavy atom. The lowest BCUT2D eigenvalue weighted by molar-refractivity contribution is -0.112. The first-order valence-corrected chi connectivity index (χ1v) is 5.29. The minimum absolute atomic E-state index is 0.166. The van der Waals surface area contributed by atoms with Gasteiger partial charge in [-0.2, -0.15) is 0 Å². The van der Waals surface area contributed by atoms with Crippen LogP contribution in [0.5, 0.6) is 0 Å². The number of hydrogen-bond donors (Lipinski definition) is 0. The number of carbonyl (C=O) groups is 1. The molecule has 0 amide bonds. The van der Waals surface area contributed by atoms with Crippen LogP contribution in [-0.2, 0) is 4.79 Å². The van der Waals surface area contributed by atoms with Crippen molar-refractivity contribution >= 4 is 40.6 Å². The monoisotopic (exact) mass is 252 g/mol. The maximum atomic E-state index is 11.4. The van der Waals surface area contributed by atoms with E-state index >= 15 is 0 Å². The van der Waals surface area contributed by atoms with Crippen LogP contribution in [0.1, 0.15) is 13.8 Å². The number of halogens is 3. The number of alkyl halides is 3. The van der Waals surface area contributed by atoms with Gasteiger partial charge in [-0.3, -0.25) is 4.79 Å². The summed E-state index contributed by atoms with van der Waals surface area (Å²) in [5.41, 5.74) is -0.00604. The number of hydrogen-bond acceptors (Lipinski definition) is 1. The molecule has 0 saturated heterocycles. The molecule has 0 saturated carbocycles. The van der Waals surface area contributed by atoms with Crippen molar-refractivity contribution in [1.29, 1.82) is 0 Å². The second-order valence-corrected chi connectivity index (χ2v) is 6.39. The fourth-order valence-corrected chi connectivity index (χ4v) is 2.94. The first-order chi connectivity index (χ1) is 6.16. The number of carbonyl (C=O) groups excluding carboxylic acids is 1. The van der Waals surface area contributed by atoms with E-state index in [1.165, 1.54) is 6.08 Å². The van der Waals surface area contributed by atoms with Gasteiger partial charge in [-0.25, -0.2) is 0 Å². The molecule has 1 aliphatic rings. The van der Waals surface area contributed by atoms with Gasteiger partial charge in [0.25, 0.3) is 0 Å². The molecule has 0 aromatic carbocycles. The van der Waals surface area contributed by atoms with Crippen LogP contribution >= 0.6 is 34.8 Å². The van der Waals surface area contributed by atoms with Gasteiger partial charge in [-0.1, -0.05) is 61.3 Å². The van der Waals surface area contributed by atoms with Crippen molar-refractivity contribution in [1.82, 2.24) is 0 Å². The van der Waals surface area contributed by atoms with E-state index in [2.05, 4.69) is 6.58 Å². The fraction of sp³-hybridized carbons (Fsp3) is 0.500. The zero-order valence-electron chi connectivity index (χ0n) is 7.98. The van der Waals surface area contributed by atoms with Gasteiger partial charge in [0.15, 0.2) is 9.58 Å². The normalized spacial score (nSPS) is 26.8. The molecule has 0 fully saturated rings. The third kappa shape index (κ3) is 2.16. The summed E-state index contributed by atoms with van der Waals surface area (Å²) in [4.78, 5) is 11.4. The van der Waals surface area contributed by atoms with Gasteiger partial charge >= 0.3 is 0 Å². The second kappa shape index (κ2) is 3.55.